The topological polar surface area (TPSA) is 89.6 Å². The third-order valence-corrected chi connectivity index (χ3v) is 4.71. The van der Waals surface area contributed by atoms with Gasteiger partial charge in [-0.05, 0) is 38.5 Å². The van der Waals surface area contributed by atoms with Gasteiger partial charge in [0.15, 0.2) is 16.4 Å². The number of aromatic nitrogens is 5. The van der Waals surface area contributed by atoms with Crippen LogP contribution in [0.3, 0.4) is 0 Å². The van der Waals surface area contributed by atoms with Crippen LogP contribution in [-0.4, -0.2) is 24.7 Å². The molecule has 0 aliphatic heterocycles. The Hall–Kier alpha value is -2.61. The molecule has 0 aliphatic carbocycles. The summed E-state index contributed by atoms with van der Waals surface area (Å²) in [6.45, 7) is 6.02. The molecule has 0 spiro atoms. The molecule has 0 saturated carbocycles. The van der Waals surface area contributed by atoms with Crippen molar-refractivity contribution in [1.82, 2.24) is 24.7 Å². The van der Waals surface area contributed by atoms with Crippen molar-refractivity contribution in [3.63, 3.8) is 0 Å². The van der Waals surface area contributed by atoms with Crippen molar-refractivity contribution in [3.8, 4) is 0 Å². The van der Waals surface area contributed by atoms with Crippen molar-refractivity contribution in [2.75, 3.05) is 0 Å². The Morgan fingerprint density at radius 1 is 1.32 bits per heavy atom. The monoisotopic (exact) mass is 355 g/mol. The summed E-state index contributed by atoms with van der Waals surface area (Å²) in [6, 6.07) is 6.03. The van der Waals surface area contributed by atoms with Crippen LogP contribution in [0.1, 0.15) is 31.3 Å². The van der Waals surface area contributed by atoms with E-state index < -0.39 is 0 Å². The number of thioether (sulfide) groups is 1. The Balaban J connectivity index is 1.63. The lowest BCUT2D eigenvalue weighted by atomic mass is 10.2. The molecule has 128 valence electrons. The zero-order valence-corrected chi connectivity index (χ0v) is 14.9. The smallest absolute Gasteiger partial charge is 0.262 e. The highest BCUT2D eigenvalue weighted by atomic mass is 32.2. The van der Waals surface area contributed by atoms with E-state index in [2.05, 4.69) is 20.1 Å². The number of hydrogen-bond donors (Lipinski definition) is 1. The van der Waals surface area contributed by atoms with E-state index in [-0.39, 0.29) is 11.6 Å². The van der Waals surface area contributed by atoms with Crippen molar-refractivity contribution < 1.29 is 4.42 Å². The molecule has 0 aliphatic rings. The number of nitrogens with zero attached hydrogens (tertiary/aromatic N) is 4. The largest absolute Gasteiger partial charge is 0.440 e. The predicted octanol–water partition coefficient (Wildman–Crippen LogP) is 3.44. The standard InChI is InChI=1S/C17H17N5O2S/c1-9(2)22-15-11(7-18-22)16(23)21-17(20-15)25-8-14-19-12-5-4-10(3)6-13(12)24-14/h4-7,9H,8H2,1-3H3,(H,20,21,23). The third-order valence-electron chi connectivity index (χ3n) is 3.85. The van der Waals surface area contributed by atoms with E-state index in [0.717, 1.165) is 16.7 Å². The van der Waals surface area contributed by atoms with Crippen LogP contribution in [-0.2, 0) is 5.75 Å². The maximum Gasteiger partial charge on any atom is 0.262 e. The lowest BCUT2D eigenvalue weighted by Gasteiger charge is -2.06. The summed E-state index contributed by atoms with van der Waals surface area (Å²) in [5, 5.41) is 5.27. The van der Waals surface area contributed by atoms with Crippen LogP contribution in [0.15, 0.2) is 38.8 Å². The molecule has 0 saturated heterocycles. The van der Waals surface area contributed by atoms with Gasteiger partial charge < -0.3 is 9.40 Å². The Bertz CT molecular complexity index is 1130. The second-order valence-electron chi connectivity index (χ2n) is 6.16. The molecular formula is C17H17N5O2S. The van der Waals surface area contributed by atoms with Gasteiger partial charge in [0.1, 0.15) is 10.9 Å². The Morgan fingerprint density at radius 3 is 2.96 bits per heavy atom. The number of nitrogens with one attached hydrogen (secondary N) is 1. The zero-order valence-electron chi connectivity index (χ0n) is 14.1. The van der Waals surface area contributed by atoms with Crippen LogP contribution in [0.4, 0.5) is 0 Å². The van der Waals surface area contributed by atoms with Crippen molar-refractivity contribution in [1.29, 1.82) is 0 Å². The minimum atomic E-state index is -0.187. The number of H-pyrrole nitrogens is 1. The number of fused-ring (bicyclic) bond motifs is 2. The van der Waals surface area contributed by atoms with Gasteiger partial charge in [-0.2, -0.15) is 5.10 Å². The van der Waals surface area contributed by atoms with Crippen LogP contribution in [0, 0.1) is 6.92 Å². The third kappa shape index (κ3) is 2.93. The van der Waals surface area contributed by atoms with Gasteiger partial charge in [-0.3, -0.25) is 4.79 Å². The first-order valence-corrected chi connectivity index (χ1v) is 8.96. The molecule has 25 heavy (non-hydrogen) atoms. The molecule has 3 heterocycles. The number of aryl methyl sites for hydroxylation is 1. The normalized spacial score (nSPS) is 11.8. The number of oxazole rings is 1. The Kier molecular flexibility index (Phi) is 3.84. The first-order chi connectivity index (χ1) is 12.0. The van der Waals surface area contributed by atoms with E-state index in [1.807, 2.05) is 39.0 Å². The van der Waals surface area contributed by atoms with E-state index in [1.54, 1.807) is 10.9 Å². The van der Waals surface area contributed by atoms with E-state index in [9.17, 15) is 4.79 Å². The van der Waals surface area contributed by atoms with Crippen molar-refractivity contribution in [3.05, 3.63) is 46.2 Å². The van der Waals surface area contributed by atoms with Crippen LogP contribution in [0.5, 0.6) is 0 Å². The molecule has 8 heteroatoms. The summed E-state index contributed by atoms with van der Waals surface area (Å²) in [5.41, 5.74) is 3.13. The molecule has 0 fully saturated rings. The van der Waals surface area contributed by atoms with Gasteiger partial charge in [0, 0.05) is 6.04 Å². The molecule has 0 atom stereocenters. The zero-order chi connectivity index (χ0) is 17.6. The van der Waals surface area contributed by atoms with E-state index in [4.69, 9.17) is 4.42 Å². The maximum atomic E-state index is 12.2. The highest BCUT2D eigenvalue weighted by molar-refractivity contribution is 7.98. The predicted molar refractivity (Wildman–Crippen MR) is 96.8 cm³/mol. The number of hydrogen-bond acceptors (Lipinski definition) is 6. The van der Waals surface area contributed by atoms with E-state index in [1.165, 1.54) is 11.8 Å². The van der Waals surface area contributed by atoms with Gasteiger partial charge in [-0.25, -0.2) is 14.6 Å². The van der Waals surface area contributed by atoms with Crippen LogP contribution < -0.4 is 5.56 Å². The first kappa shape index (κ1) is 15.9. The fraction of sp³-hybridized carbons (Fsp3) is 0.294. The van der Waals surface area contributed by atoms with Gasteiger partial charge in [0.05, 0.1) is 11.9 Å². The molecular weight excluding hydrogens is 338 g/mol. The summed E-state index contributed by atoms with van der Waals surface area (Å²) in [4.78, 5) is 24.0. The summed E-state index contributed by atoms with van der Waals surface area (Å²) in [6.07, 6.45) is 1.55. The molecule has 3 aromatic heterocycles. The minimum absolute atomic E-state index is 0.130. The number of rotatable bonds is 4. The Labute approximate surface area is 147 Å². The molecule has 0 amide bonds. The SMILES string of the molecule is Cc1ccc2nc(CSc3nc4c(cnn4C(C)C)c(=O)[nH]3)oc2c1. The molecule has 0 radical (unpaired) electrons. The van der Waals surface area contributed by atoms with E-state index >= 15 is 0 Å². The lowest BCUT2D eigenvalue weighted by molar-refractivity contribution is 0.544. The average molecular weight is 355 g/mol. The summed E-state index contributed by atoms with van der Waals surface area (Å²) in [7, 11) is 0. The first-order valence-electron chi connectivity index (χ1n) is 7.97. The van der Waals surface area contributed by atoms with Crippen molar-refractivity contribution in [2.24, 2.45) is 0 Å². The summed E-state index contributed by atoms with van der Waals surface area (Å²) >= 11 is 1.38. The van der Waals surface area contributed by atoms with Crippen LogP contribution >= 0.6 is 11.8 Å². The van der Waals surface area contributed by atoms with Gasteiger partial charge in [0.2, 0.25) is 5.89 Å². The molecule has 1 aromatic carbocycles. The minimum Gasteiger partial charge on any atom is -0.440 e. The van der Waals surface area contributed by atoms with Crippen LogP contribution in [0.25, 0.3) is 22.1 Å². The molecule has 7 nitrogen and oxygen atoms in total. The fourth-order valence-corrected chi connectivity index (χ4v) is 3.33. The lowest BCUT2D eigenvalue weighted by Crippen LogP contribution is -2.11. The average Bonchev–Trinajstić information content (AvgIpc) is 3.16. The van der Waals surface area contributed by atoms with Gasteiger partial charge >= 0.3 is 0 Å². The molecule has 0 bridgehead atoms. The summed E-state index contributed by atoms with van der Waals surface area (Å²) < 4.78 is 7.51. The van der Waals surface area contributed by atoms with Gasteiger partial charge in [0.25, 0.3) is 5.56 Å². The maximum absolute atomic E-state index is 12.2. The number of aromatic amines is 1. The number of benzene rings is 1. The molecule has 1 N–H and O–H groups in total. The quantitative estimate of drug-likeness (QED) is 0.445. The van der Waals surface area contributed by atoms with Gasteiger partial charge in [-0.15, -0.1) is 0 Å². The second-order valence-corrected chi connectivity index (χ2v) is 7.12. The molecule has 4 rings (SSSR count). The molecule has 0 unspecified atom stereocenters. The molecule has 4 aromatic rings. The highest BCUT2D eigenvalue weighted by Crippen LogP contribution is 2.24. The fourth-order valence-electron chi connectivity index (χ4n) is 2.63. The second kappa shape index (κ2) is 6.03. The van der Waals surface area contributed by atoms with E-state index in [0.29, 0.717) is 27.8 Å². The van der Waals surface area contributed by atoms with Crippen molar-refractivity contribution in [2.45, 2.75) is 37.7 Å². The summed E-state index contributed by atoms with van der Waals surface area (Å²) in [5.74, 6) is 1.09. The highest BCUT2D eigenvalue weighted by Gasteiger charge is 2.13. The Morgan fingerprint density at radius 2 is 2.16 bits per heavy atom. The van der Waals surface area contributed by atoms with Crippen molar-refractivity contribution >= 4 is 33.9 Å². The van der Waals surface area contributed by atoms with Gasteiger partial charge in [-0.1, -0.05) is 17.8 Å². The van der Waals surface area contributed by atoms with Crippen LogP contribution in [0.2, 0.25) is 0 Å².